The van der Waals surface area contributed by atoms with Crippen molar-refractivity contribution in [1.82, 2.24) is 4.98 Å². The molecule has 17 heavy (non-hydrogen) atoms. The molecule has 1 heterocycles. The third kappa shape index (κ3) is 3.74. The molecule has 2 N–H and O–H groups in total. The van der Waals surface area contributed by atoms with Gasteiger partial charge in [0.15, 0.2) is 0 Å². The Morgan fingerprint density at radius 2 is 2.29 bits per heavy atom. The van der Waals surface area contributed by atoms with E-state index in [0.717, 1.165) is 0 Å². The standard InChI is InChI=1S/C11H14F2N2O2/c1-2-17-10(16)3-7-6-15-8(5-14)4-9(7)11(12)13/h4,6,11H,2-3,5,14H2,1H3. The van der Waals surface area contributed by atoms with Crippen LogP contribution >= 0.6 is 0 Å². The molecule has 0 radical (unpaired) electrons. The van der Waals surface area contributed by atoms with Gasteiger partial charge < -0.3 is 10.5 Å². The molecule has 0 fully saturated rings. The fraction of sp³-hybridized carbons (Fsp3) is 0.455. The molecule has 1 aromatic rings. The van der Waals surface area contributed by atoms with E-state index in [1.807, 2.05) is 0 Å². The third-order valence-corrected chi connectivity index (χ3v) is 2.16. The average Bonchev–Trinajstić information content (AvgIpc) is 2.29. The van der Waals surface area contributed by atoms with Crippen molar-refractivity contribution in [2.75, 3.05) is 6.61 Å². The molecular weight excluding hydrogens is 230 g/mol. The van der Waals surface area contributed by atoms with Gasteiger partial charge in [0.1, 0.15) is 0 Å². The van der Waals surface area contributed by atoms with Gasteiger partial charge in [-0.3, -0.25) is 9.78 Å². The van der Waals surface area contributed by atoms with E-state index < -0.39 is 12.4 Å². The van der Waals surface area contributed by atoms with Crippen molar-refractivity contribution in [3.63, 3.8) is 0 Å². The molecular formula is C11H14F2N2O2. The number of carbonyl (C=O) groups excluding carboxylic acids is 1. The predicted octanol–water partition coefficient (Wildman–Crippen LogP) is 1.58. The predicted molar refractivity (Wildman–Crippen MR) is 57.4 cm³/mol. The number of nitrogens with zero attached hydrogens (tertiary/aromatic N) is 1. The lowest BCUT2D eigenvalue weighted by Crippen LogP contribution is -2.11. The summed E-state index contributed by atoms with van der Waals surface area (Å²) in [5.41, 5.74) is 5.65. The van der Waals surface area contributed by atoms with Crippen LogP contribution in [0.25, 0.3) is 0 Å². The number of carbonyl (C=O) groups is 1. The van der Waals surface area contributed by atoms with Crippen LogP contribution in [-0.2, 0) is 22.5 Å². The molecule has 1 rings (SSSR count). The second-order valence-corrected chi connectivity index (χ2v) is 3.36. The summed E-state index contributed by atoms with van der Waals surface area (Å²) in [6, 6.07) is 1.22. The lowest BCUT2D eigenvalue weighted by Gasteiger charge is -2.09. The molecule has 6 heteroatoms. The summed E-state index contributed by atoms with van der Waals surface area (Å²) in [5.74, 6) is -0.545. The van der Waals surface area contributed by atoms with Crippen LogP contribution in [0.15, 0.2) is 12.3 Å². The Hall–Kier alpha value is -1.56. The minimum Gasteiger partial charge on any atom is -0.466 e. The van der Waals surface area contributed by atoms with Gasteiger partial charge in [0, 0.05) is 18.3 Å². The highest BCUT2D eigenvalue weighted by molar-refractivity contribution is 5.73. The van der Waals surface area contributed by atoms with Gasteiger partial charge in [0.05, 0.1) is 18.7 Å². The number of ether oxygens (including phenoxy) is 1. The molecule has 4 nitrogen and oxygen atoms in total. The normalized spacial score (nSPS) is 10.6. The average molecular weight is 244 g/mol. The number of hydrogen-bond acceptors (Lipinski definition) is 4. The highest BCUT2D eigenvalue weighted by atomic mass is 19.3. The minimum atomic E-state index is -2.66. The summed E-state index contributed by atoms with van der Waals surface area (Å²) in [4.78, 5) is 15.1. The molecule has 1 aromatic heterocycles. The quantitative estimate of drug-likeness (QED) is 0.799. The van der Waals surface area contributed by atoms with Gasteiger partial charge in [0.25, 0.3) is 6.43 Å². The Morgan fingerprint density at radius 1 is 1.59 bits per heavy atom. The Labute approximate surface area is 97.8 Å². The summed E-state index contributed by atoms with van der Waals surface area (Å²) >= 11 is 0. The third-order valence-electron chi connectivity index (χ3n) is 2.16. The first-order chi connectivity index (χ1) is 8.08. The van der Waals surface area contributed by atoms with Crippen molar-refractivity contribution in [2.45, 2.75) is 26.3 Å². The lowest BCUT2D eigenvalue weighted by molar-refractivity contribution is -0.142. The first kappa shape index (κ1) is 13.5. The van der Waals surface area contributed by atoms with Gasteiger partial charge in [-0.05, 0) is 18.6 Å². The van der Waals surface area contributed by atoms with Gasteiger partial charge in [-0.2, -0.15) is 0 Å². The molecule has 0 saturated carbocycles. The van der Waals surface area contributed by atoms with E-state index in [1.165, 1.54) is 12.3 Å². The van der Waals surface area contributed by atoms with Crippen molar-refractivity contribution in [1.29, 1.82) is 0 Å². The molecule has 0 unspecified atom stereocenters. The number of esters is 1. The highest BCUT2D eigenvalue weighted by Crippen LogP contribution is 2.23. The van der Waals surface area contributed by atoms with Gasteiger partial charge >= 0.3 is 5.97 Å². The number of rotatable bonds is 5. The Bertz CT molecular complexity index is 397. The van der Waals surface area contributed by atoms with E-state index in [2.05, 4.69) is 4.98 Å². The Morgan fingerprint density at radius 3 is 2.82 bits per heavy atom. The van der Waals surface area contributed by atoms with E-state index in [4.69, 9.17) is 10.5 Å². The van der Waals surface area contributed by atoms with Crippen molar-refractivity contribution in [2.24, 2.45) is 5.73 Å². The van der Waals surface area contributed by atoms with Gasteiger partial charge in [-0.1, -0.05) is 0 Å². The van der Waals surface area contributed by atoms with Crippen molar-refractivity contribution in [3.8, 4) is 0 Å². The minimum absolute atomic E-state index is 0.0827. The summed E-state index contributed by atoms with van der Waals surface area (Å²) in [6.45, 7) is 1.96. The van der Waals surface area contributed by atoms with E-state index in [-0.39, 0.29) is 30.7 Å². The molecule has 0 amide bonds. The maximum atomic E-state index is 12.8. The molecule has 94 valence electrons. The molecule has 0 atom stereocenters. The van der Waals surface area contributed by atoms with Crippen LogP contribution in [-0.4, -0.2) is 17.6 Å². The van der Waals surface area contributed by atoms with Crippen LogP contribution in [0, 0.1) is 0 Å². The van der Waals surface area contributed by atoms with Gasteiger partial charge in [0.2, 0.25) is 0 Å². The maximum absolute atomic E-state index is 12.8. The summed E-state index contributed by atoms with van der Waals surface area (Å²) in [7, 11) is 0. The zero-order valence-corrected chi connectivity index (χ0v) is 9.45. The second-order valence-electron chi connectivity index (χ2n) is 3.36. The summed E-state index contributed by atoms with van der Waals surface area (Å²) in [6.07, 6.45) is -1.61. The van der Waals surface area contributed by atoms with Crippen LogP contribution in [0.1, 0.15) is 30.2 Å². The van der Waals surface area contributed by atoms with Gasteiger partial charge in [-0.15, -0.1) is 0 Å². The molecule has 0 aromatic carbocycles. The molecule has 0 saturated heterocycles. The monoisotopic (exact) mass is 244 g/mol. The molecule has 0 aliphatic rings. The zero-order valence-electron chi connectivity index (χ0n) is 9.45. The maximum Gasteiger partial charge on any atom is 0.310 e. The van der Waals surface area contributed by atoms with E-state index in [0.29, 0.717) is 5.69 Å². The van der Waals surface area contributed by atoms with Crippen molar-refractivity contribution >= 4 is 5.97 Å². The zero-order chi connectivity index (χ0) is 12.8. The van der Waals surface area contributed by atoms with Crippen LogP contribution in [0.2, 0.25) is 0 Å². The number of nitrogens with two attached hydrogens (primary N) is 1. The lowest BCUT2D eigenvalue weighted by atomic mass is 10.1. The molecule has 0 aliphatic carbocycles. The van der Waals surface area contributed by atoms with Crippen LogP contribution in [0.5, 0.6) is 0 Å². The first-order valence-electron chi connectivity index (χ1n) is 5.20. The van der Waals surface area contributed by atoms with Gasteiger partial charge in [-0.25, -0.2) is 8.78 Å². The van der Waals surface area contributed by atoms with Crippen molar-refractivity contribution in [3.05, 3.63) is 29.1 Å². The number of aromatic nitrogens is 1. The van der Waals surface area contributed by atoms with E-state index >= 15 is 0 Å². The topological polar surface area (TPSA) is 65.2 Å². The number of pyridine rings is 1. The summed E-state index contributed by atoms with van der Waals surface area (Å²) in [5, 5.41) is 0. The number of hydrogen-bond donors (Lipinski definition) is 1. The Balaban J connectivity index is 2.94. The molecule has 0 spiro atoms. The second kappa shape index (κ2) is 6.24. The van der Waals surface area contributed by atoms with E-state index in [9.17, 15) is 13.6 Å². The number of alkyl halides is 2. The smallest absolute Gasteiger partial charge is 0.310 e. The SMILES string of the molecule is CCOC(=O)Cc1cnc(CN)cc1C(F)F. The first-order valence-corrected chi connectivity index (χ1v) is 5.20. The Kier molecular flexibility index (Phi) is 4.96. The largest absolute Gasteiger partial charge is 0.466 e. The molecule has 0 aliphatic heterocycles. The fourth-order valence-corrected chi connectivity index (χ4v) is 1.37. The fourth-order valence-electron chi connectivity index (χ4n) is 1.37. The van der Waals surface area contributed by atoms with Crippen molar-refractivity contribution < 1.29 is 18.3 Å². The summed E-state index contributed by atoms with van der Waals surface area (Å²) < 4.78 is 30.2. The highest BCUT2D eigenvalue weighted by Gasteiger charge is 2.17. The van der Waals surface area contributed by atoms with Crippen LogP contribution in [0.3, 0.4) is 0 Å². The van der Waals surface area contributed by atoms with Crippen LogP contribution in [0.4, 0.5) is 8.78 Å². The molecule has 0 bridgehead atoms. The van der Waals surface area contributed by atoms with Crippen LogP contribution < -0.4 is 5.73 Å². The van der Waals surface area contributed by atoms with E-state index in [1.54, 1.807) is 6.92 Å². The number of halogens is 2.